The zero-order valence-electron chi connectivity index (χ0n) is 16.4. The van der Waals surface area contributed by atoms with Crippen molar-refractivity contribution in [3.05, 3.63) is 52.7 Å². The summed E-state index contributed by atoms with van der Waals surface area (Å²) in [5.41, 5.74) is 1.14. The van der Waals surface area contributed by atoms with Gasteiger partial charge in [-0.3, -0.25) is 4.99 Å². The first kappa shape index (κ1) is 24.1. The van der Waals surface area contributed by atoms with Crippen molar-refractivity contribution >= 4 is 53.3 Å². The summed E-state index contributed by atoms with van der Waals surface area (Å²) in [6.45, 7) is 7.52. The summed E-state index contributed by atoms with van der Waals surface area (Å²) >= 11 is 7.87. The second-order valence-electron chi connectivity index (χ2n) is 6.95. The number of nitrogens with zero attached hydrogens (tertiary/aromatic N) is 2. The fourth-order valence-electron chi connectivity index (χ4n) is 2.35. The van der Waals surface area contributed by atoms with Crippen molar-refractivity contribution in [3.63, 3.8) is 0 Å². The molecule has 1 unspecified atom stereocenters. The Morgan fingerprint density at radius 1 is 1.33 bits per heavy atom. The summed E-state index contributed by atoms with van der Waals surface area (Å²) in [4.78, 5) is 8.59. The second-order valence-corrected chi connectivity index (χ2v) is 8.43. The van der Waals surface area contributed by atoms with Crippen LogP contribution in [0.5, 0.6) is 0 Å². The molecule has 2 rings (SSSR count). The zero-order chi connectivity index (χ0) is 19.2. The molecular formula is C19H28ClIN4OS. The number of thioether (sulfide) groups is 1. The molecule has 0 aliphatic carbocycles. The Hall–Kier alpha value is -0.930. The van der Waals surface area contributed by atoms with Crippen LogP contribution >= 0.6 is 47.3 Å². The molecule has 2 N–H and O–H groups in total. The molecule has 1 heterocycles. The van der Waals surface area contributed by atoms with E-state index < -0.39 is 0 Å². The number of aromatic nitrogens is 1. The van der Waals surface area contributed by atoms with Gasteiger partial charge in [0.25, 0.3) is 0 Å². The number of rotatable bonds is 6. The van der Waals surface area contributed by atoms with Crippen molar-refractivity contribution < 1.29 is 4.42 Å². The number of guanidine groups is 1. The topological polar surface area (TPSA) is 62.5 Å². The van der Waals surface area contributed by atoms with Gasteiger partial charge in [-0.15, -0.1) is 24.0 Å². The number of hydrogen-bond donors (Lipinski definition) is 2. The molecular weight excluding hydrogens is 495 g/mol. The van der Waals surface area contributed by atoms with E-state index in [-0.39, 0.29) is 34.6 Å². The largest absolute Gasteiger partial charge is 0.443 e. The van der Waals surface area contributed by atoms with Gasteiger partial charge in [0.15, 0.2) is 5.96 Å². The number of halogens is 2. The molecule has 0 radical (unpaired) electrons. The summed E-state index contributed by atoms with van der Waals surface area (Å²) in [6, 6.07) is 7.95. The number of aliphatic imine (C=N–C) groups is 1. The minimum absolute atomic E-state index is 0. The van der Waals surface area contributed by atoms with Crippen LogP contribution in [0.2, 0.25) is 5.02 Å². The van der Waals surface area contributed by atoms with Gasteiger partial charge in [0.2, 0.25) is 5.89 Å². The first-order valence-electron chi connectivity index (χ1n) is 8.51. The summed E-state index contributed by atoms with van der Waals surface area (Å²) in [7, 11) is 1.75. The first-order chi connectivity index (χ1) is 12.3. The molecule has 8 heteroatoms. The van der Waals surface area contributed by atoms with E-state index in [2.05, 4.69) is 53.7 Å². The lowest BCUT2D eigenvalue weighted by molar-refractivity contribution is 0.379. The monoisotopic (exact) mass is 522 g/mol. The molecule has 0 saturated carbocycles. The molecule has 2 aromatic rings. The zero-order valence-corrected chi connectivity index (χ0v) is 20.3. The Bertz CT molecular complexity index is 745. The van der Waals surface area contributed by atoms with Gasteiger partial charge < -0.3 is 15.1 Å². The van der Waals surface area contributed by atoms with Crippen LogP contribution in [0.15, 0.2) is 39.9 Å². The van der Waals surface area contributed by atoms with Crippen LogP contribution in [-0.2, 0) is 12.0 Å². The Morgan fingerprint density at radius 3 is 2.63 bits per heavy atom. The molecule has 150 valence electrons. The third-order valence-electron chi connectivity index (χ3n) is 3.88. The van der Waals surface area contributed by atoms with E-state index in [1.165, 1.54) is 5.56 Å². The highest BCUT2D eigenvalue weighted by Crippen LogP contribution is 2.27. The fraction of sp³-hybridized carbons (Fsp3) is 0.474. The van der Waals surface area contributed by atoms with Crippen LogP contribution < -0.4 is 10.6 Å². The molecule has 5 nitrogen and oxygen atoms in total. The SMILES string of the molecule is CN=C(NCc1ncc(C(C)(C)C)o1)NCC(SC)c1cccc(Cl)c1.I. The number of oxazole rings is 1. The molecule has 1 aromatic carbocycles. The maximum Gasteiger partial charge on any atom is 0.213 e. The third kappa shape index (κ3) is 7.54. The summed E-state index contributed by atoms with van der Waals surface area (Å²) in [6.07, 6.45) is 3.88. The minimum Gasteiger partial charge on any atom is -0.443 e. The molecule has 0 amide bonds. The lowest BCUT2D eigenvalue weighted by Crippen LogP contribution is -2.38. The second kappa shape index (κ2) is 11.2. The first-order valence-corrected chi connectivity index (χ1v) is 10.2. The van der Waals surface area contributed by atoms with Crippen molar-refractivity contribution in [1.29, 1.82) is 0 Å². The van der Waals surface area contributed by atoms with E-state index in [0.717, 1.165) is 17.3 Å². The summed E-state index contributed by atoms with van der Waals surface area (Å²) in [5, 5.41) is 7.62. The quantitative estimate of drug-likeness (QED) is 0.317. The average molecular weight is 523 g/mol. The molecule has 0 bridgehead atoms. The van der Waals surface area contributed by atoms with E-state index in [9.17, 15) is 0 Å². The lowest BCUT2D eigenvalue weighted by Gasteiger charge is -2.18. The van der Waals surface area contributed by atoms with Crippen molar-refractivity contribution in [2.45, 2.75) is 38.0 Å². The minimum atomic E-state index is -0.0479. The van der Waals surface area contributed by atoms with E-state index in [0.29, 0.717) is 18.4 Å². The van der Waals surface area contributed by atoms with Gasteiger partial charge >= 0.3 is 0 Å². The Balaban J connectivity index is 0.00000364. The van der Waals surface area contributed by atoms with Crippen molar-refractivity contribution in [1.82, 2.24) is 15.6 Å². The molecule has 0 saturated heterocycles. The number of hydrogen-bond acceptors (Lipinski definition) is 4. The molecule has 1 atom stereocenters. The van der Waals surface area contributed by atoms with Crippen LogP contribution in [0.1, 0.15) is 43.2 Å². The predicted octanol–water partition coefficient (Wildman–Crippen LogP) is 5.01. The third-order valence-corrected chi connectivity index (χ3v) is 5.13. The van der Waals surface area contributed by atoms with Gasteiger partial charge in [0, 0.05) is 29.3 Å². The fourth-order valence-corrected chi connectivity index (χ4v) is 3.22. The Morgan fingerprint density at radius 2 is 2.07 bits per heavy atom. The summed E-state index contributed by atoms with van der Waals surface area (Å²) in [5.74, 6) is 2.23. The van der Waals surface area contributed by atoms with Gasteiger partial charge in [-0.05, 0) is 24.0 Å². The van der Waals surface area contributed by atoms with E-state index >= 15 is 0 Å². The Kier molecular flexibility index (Phi) is 9.97. The molecule has 0 aliphatic heterocycles. The van der Waals surface area contributed by atoms with Gasteiger partial charge in [0.1, 0.15) is 5.76 Å². The smallest absolute Gasteiger partial charge is 0.213 e. The van der Waals surface area contributed by atoms with Crippen molar-refractivity contribution in [3.8, 4) is 0 Å². The maximum absolute atomic E-state index is 6.10. The van der Waals surface area contributed by atoms with E-state index in [1.54, 1.807) is 25.0 Å². The summed E-state index contributed by atoms with van der Waals surface area (Å²) < 4.78 is 5.80. The van der Waals surface area contributed by atoms with Crippen LogP contribution in [0.4, 0.5) is 0 Å². The molecule has 1 aromatic heterocycles. The normalized spacial score (nSPS) is 13.0. The van der Waals surface area contributed by atoms with E-state index in [1.807, 2.05) is 18.2 Å². The van der Waals surface area contributed by atoms with Crippen LogP contribution in [0.25, 0.3) is 0 Å². The standard InChI is InChI=1S/C19H27ClN4OS.HI/c1-19(2,3)16-11-22-17(25-16)12-24-18(21-4)23-10-15(26-5)13-7-6-8-14(20)9-13;/h6-9,11,15H,10,12H2,1-5H3,(H2,21,23,24);1H. The average Bonchev–Trinajstić information content (AvgIpc) is 3.07. The van der Waals surface area contributed by atoms with Crippen LogP contribution in [-0.4, -0.2) is 30.8 Å². The van der Waals surface area contributed by atoms with Gasteiger partial charge in [0.05, 0.1) is 12.7 Å². The van der Waals surface area contributed by atoms with Crippen molar-refractivity contribution in [2.75, 3.05) is 19.8 Å². The van der Waals surface area contributed by atoms with E-state index in [4.69, 9.17) is 16.0 Å². The molecule has 0 spiro atoms. The highest BCUT2D eigenvalue weighted by molar-refractivity contribution is 14.0. The highest BCUT2D eigenvalue weighted by atomic mass is 127. The number of benzene rings is 1. The Labute approximate surface area is 188 Å². The van der Waals surface area contributed by atoms with Crippen LogP contribution in [0, 0.1) is 0 Å². The highest BCUT2D eigenvalue weighted by Gasteiger charge is 2.19. The van der Waals surface area contributed by atoms with Crippen LogP contribution in [0.3, 0.4) is 0 Å². The molecule has 0 aliphatic rings. The van der Waals surface area contributed by atoms with Gasteiger partial charge in [-0.25, -0.2) is 4.98 Å². The molecule has 0 fully saturated rings. The van der Waals surface area contributed by atoms with Gasteiger partial charge in [-0.1, -0.05) is 44.5 Å². The van der Waals surface area contributed by atoms with Crippen molar-refractivity contribution in [2.24, 2.45) is 4.99 Å². The molecule has 27 heavy (non-hydrogen) atoms. The lowest BCUT2D eigenvalue weighted by atomic mass is 9.94. The predicted molar refractivity (Wildman–Crippen MR) is 127 cm³/mol. The van der Waals surface area contributed by atoms with Gasteiger partial charge in [-0.2, -0.15) is 11.8 Å². The number of nitrogens with one attached hydrogen (secondary N) is 2. The maximum atomic E-state index is 6.10.